The van der Waals surface area contributed by atoms with Gasteiger partial charge in [0.2, 0.25) is 0 Å². The van der Waals surface area contributed by atoms with E-state index in [0.717, 1.165) is 12.6 Å². The highest BCUT2D eigenvalue weighted by Crippen LogP contribution is 2.13. The molecule has 1 fully saturated rings. The van der Waals surface area contributed by atoms with Gasteiger partial charge in [0, 0.05) is 19.1 Å². The molecule has 2 heteroatoms. The molecule has 1 saturated heterocycles. The smallest absolute Gasteiger partial charge is 0.0601 e. The van der Waals surface area contributed by atoms with Crippen LogP contribution in [0.1, 0.15) is 19.8 Å². The van der Waals surface area contributed by atoms with E-state index in [2.05, 4.69) is 35.7 Å². The average molecular weight is 180 g/mol. The second kappa shape index (κ2) is 5.26. The number of piperidine rings is 1. The molecule has 0 aromatic carbocycles. The van der Waals surface area contributed by atoms with Gasteiger partial charge in [0.15, 0.2) is 0 Å². The van der Waals surface area contributed by atoms with Crippen molar-refractivity contribution < 1.29 is 0 Å². The summed E-state index contributed by atoms with van der Waals surface area (Å²) in [7, 11) is 4.35. The van der Waals surface area contributed by atoms with Gasteiger partial charge >= 0.3 is 0 Å². The van der Waals surface area contributed by atoms with E-state index in [9.17, 15) is 0 Å². The Morgan fingerprint density at radius 3 is 2.38 bits per heavy atom. The van der Waals surface area contributed by atoms with Crippen LogP contribution in [0.3, 0.4) is 0 Å². The normalized spacial score (nSPS) is 20.0. The number of likely N-dealkylation sites (tertiary alicyclic amines) is 1. The van der Waals surface area contributed by atoms with Crippen LogP contribution in [-0.2, 0) is 0 Å². The van der Waals surface area contributed by atoms with E-state index < -0.39 is 0 Å². The van der Waals surface area contributed by atoms with Gasteiger partial charge in [-0.15, -0.1) is 5.92 Å². The predicted molar refractivity (Wildman–Crippen MR) is 56.6 cm³/mol. The summed E-state index contributed by atoms with van der Waals surface area (Å²) >= 11 is 0. The average Bonchev–Trinajstić information content (AvgIpc) is 2.15. The highest BCUT2D eigenvalue weighted by atomic mass is 15.2. The molecule has 1 aliphatic heterocycles. The Morgan fingerprint density at radius 1 is 1.31 bits per heavy atom. The number of hydrogen-bond donors (Lipinski definition) is 0. The van der Waals surface area contributed by atoms with Gasteiger partial charge in [-0.2, -0.15) is 0 Å². The summed E-state index contributed by atoms with van der Waals surface area (Å²) in [4.78, 5) is 4.78. The van der Waals surface area contributed by atoms with Crippen LogP contribution in [0.5, 0.6) is 0 Å². The Hall–Kier alpha value is -0.520. The van der Waals surface area contributed by atoms with Crippen LogP contribution in [0, 0.1) is 11.8 Å². The van der Waals surface area contributed by atoms with Crippen molar-refractivity contribution in [3.63, 3.8) is 0 Å². The molecule has 74 valence electrons. The lowest BCUT2D eigenvalue weighted by Crippen LogP contribution is -2.41. The van der Waals surface area contributed by atoms with Crippen LogP contribution in [0.25, 0.3) is 0 Å². The zero-order valence-electron chi connectivity index (χ0n) is 9.01. The summed E-state index contributed by atoms with van der Waals surface area (Å²) in [5.74, 6) is 6.07. The molecule has 0 saturated carbocycles. The third kappa shape index (κ3) is 3.38. The van der Waals surface area contributed by atoms with Gasteiger partial charge in [0.05, 0.1) is 6.54 Å². The van der Waals surface area contributed by atoms with Crippen LogP contribution in [0.4, 0.5) is 0 Å². The van der Waals surface area contributed by atoms with Crippen molar-refractivity contribution in [3.05, 3.63) is 0 Å². The van der Waals surface area contributed by atoms with Crippen LogP contribution in [-0.4, -0.2) is 49.6 Å². The van der Waals surface area contributed by atoms with E-state index >= 15 is 0 Å². The molecule has 0 atom stereocenters. The molecule has 0 bridgehead atoms. The minimum absolute atomic E-state index is 0.783. The summed E-state index contributed by atoms with van der Waals surface area (Å²) in [5, 5.41) is 0. The maximum Gasteiger partial charge on any atom is 0.0601 e. The molecule has 1 rings (SSSR count). The van der Waals surface area contributed by atoms with E-state index in [1.807, 2.05) is 6.92 Å². The molecule has 1 heterocycles. The quantitative estimate of drug-likeness (QED) is 0.586. The Bertz CT molecular complexity index is 192. The van der Waals surface area contributed by atoms with Gasteiger partial charge in [-0.05, 0) is 33.9 Å². The van der Waals surface area contributed by atoms with Gasteiger partial charge < -0.3 is 4.90 Å². The highest BCUT2D eigenvalue weighted by molar-refractivity contribution is 4.98. The minimum atomic E-state index is 0.783. The van der Waals surface area contributed by atoms with E-state index in [1.165, 1.54) is 25.9 Å². The van der Waals surface area contributed by atoms with Crippen molar-refractivity contribution >= 4 is 0 Å². The van der Waals surface area contributed by atoms with Crippen molar-refractivity contribution in [2.24, 2.45) is 0 Å². The third-order valence-corrected chi connectivity index (χ3v) is 2.77. The number of nitrogens with zero attached hydrogens (tertiary/aromatic N) is 2. The maximum absolute atomic E-state index is 3.12. The Labute approximate surface area is 81.9 Å². The first kappa shape index (κ1) is 10.6. The molecule has 0 aromatic rings. The zero-order valence-corrected chi connectivity index (χ0v) is 9.01. The lowest BCUT2D eigenvalue weighted by molar-refractivity contribution is 0.156. The standard InChI is InChI=1S/C11H20N2/c1-4-5-8-13-9-6-11(7-10-13)12(2)3/h11H,6-10H2,1-3H3. The first-order chi connectivity index (χ1) is 6.24. The Balaban J connectivity index is 2.25. The highest BCUT2D eigenvalue weighted by Gasteiger charge is 2.19. The molecule has 0 amide bonds. The fraction of sp³-hybridized carbons (Fsp3) is 0.818. The van der Waals surface area contributed by atoms with Crippen LogP contribution >= 0.6 is 0 Å². The molecule has 0 aromatic heterocycles. The Morgan fingerprint density at radius 2 is 1.92 bits per heavy atom. The van der Waals surface area contributed by atoms with Crippen LogP contribution < -0.4 is 0 Å². The number of hydrogen-bond acceptors (Lipinski definition) is 2. The molecule has 0 radical (unpaired) electrons. The van der Waals surface area contributed by atoms with Gasteiger partial charge in [-0.1, -0.05) is 5.92 Å². The second-order valence-corrected chi connectivity index (χ2v) is 3.90. The lowest BCUT2D eigenvalue weighted by atomic mass is 10.0. The topological polar surface area (TPSA) is 6.48 Å². The molecular weight excluding hydrogens is 160 g/mol. The maximum atomic E-state index is 3.12. The first-order valence-electron chi connectivity index (χ1n) is 5.02. The monoisotopic (exact) mass is 180 g/mol. The lowest BCUT2D eigenvalue weighted by Gasteiger charge is -2.34. The van der Waals surface area contributed by atoms with Gasteiger partial charge in [0.1, 0.15) is 0 Å². The molecule has 1 aliphatic rings. The van der Waals surface area contributed by atoms with Crippen LogP contribution in [0.15, 0.2) is 0 Å². The van der Waals surface area contributed by atoms with Gasteiger partial charge in [0.25, 0.3) is 0 Å². The fourth-order valence-corrected chi connectivity index (χ4v) is 1.78. The van der Waals surface area contributed by atoms with E-state index in [4.69, 9.17) is 0 Å². The van der Waals surface area contributed by atoms with Crippen molar-refractivity contribution in [2.45, 2.75) is 25.8 Å². The minimum Gasteiger partial charge on any atom is -0.306 e. The molecular formula is C11H20N2. The van der Waals surface area contributed by atoms with E-state index in [0.29, 0.717) is 0 Å². The summed E-state index contributed by atoms with van der Waals surface area (Å²) < 4.78 is 0. The predicted octanol–water partition coefficient (Wildman–Crippen LogP) is 1.04. The van der Waals surface area contributed by atoms with Crippen molar-refractivity contribution in [2.75, 3.05) is 33.7 Å². The SMILES string of the molecule is CC#CCN1CCC(N(C)C)CC1. The van der Waals surface area contributed by atoms with E-state index in [1.54, 1.807) is 0 Å². The fourth-order valence-electron chi connectivity index (χ4n) is 1.78. The second-order valence-electron chi connectivity index (χ2n) is 3.90. The summed E-state index contributed by atoms with van der Waals surface area (Å²) in [5.41, 5.74) is 0. The Kier molecular flexibility index (Phi) is 4.27. The summed E-state index contributed by atoms with van der Waals surface area (Å²) in [6.45, 7) is 5.28. The molecule has 13 heavy (non-hydrogen) atoms. The molecule has 2 nitrogen and oxygen atoms in total. The summed E-state index contributed by atoms with van der Waals surface area (Å²) in [6.07, 6.45) is 2.58. The van der Waals surface area contributed by atoms with Crippen molar-refractivity contribution in [1.82, 2.24) is 9.80 Å². The van der Waals surface area contributed by atoms with Crippen molar-refractivity contribution in [3.8, 4) is 11.8 Å². The van der Waals surface area contributed by atoms with E-state index in [-0.39, 0.29) is 0 Å². The molecule has 0 unspecified atom stereocenters. The largest absolute Gasteiger partial charge is 0.306 e. The first-order valence-corrected chi connectivity index (χ1v) is 5.02. The molecule has 0 spiro atoms. The van der Waals surface area contributed by atoms with Gasteiger partial charge in [-0.3, -0.25) is 4.90 Å². The third-order valence-electron chi connectivity index (χ3n) is 2.77. The summed E-state index contributed by atoms with van der Waals surface area (Å²) in [6, 6.07) is 0.783. The number of rotatable bonds is 2. The molecule has 0 aliphatic carbocycles. The zero-order chi connectivity index (χ0) is 9.68. The van der Waals surface area contributed by atoms with Crippen molar-refractivity contribution in [1.29, 1.82) is 0 Å². The molecule has 0 N–H and O–H groups in total. The van der Waals surface area contributed by atoms with Crippen LogP contribution in [0.2, 0.25) is 0 Å². The van der Waals surface area contributed by atoms with Gasteiger partial charge in [-0.25, -0.2) is 0 Å².